The molecule has 4 aromatic rings. The van der Waals surface area contributed by atoms with E-state index in [9.17, 15) is 18.3 Å². The topological polar surface area (TPSA) is 33.1 Å². The summed E-state index contributed by atoms with van der Waals surface area (Å²) in [5.74, 6) is 0. The fourth-order valence-electron chi connectivity index (χ4n) is 3.22. The zero-order valence-corrected chi connectivity index (χ0v) is 14.7. The highest BCUT2D eigenvalue weighted by atomic mass is 19.4. The van der Waals surface area contributed by atoms with Gasteiger partial charge in [0.2, 0.25) is 0 Å². The van der Waals surface area contributed by atoms with Crippen molar-refractivity contribution in [3.63, 3.8) is 0 Å². The molecule has 0 radical (unpaired) electrons. The van der Waals surface area contributed by atoms with E-state index in [1.165, 1.54) is 12.1 Å². The lowest BCUT2D eigenvalue weighted by Gasteiger charge is -2.16. The molecule has 1 heterocycles. The molecule has 0 aliphatic rings. The first kappa shape index (κ1) is 18.2. The van der Waals surface area contributed by atoms with E-state index in [2.05, 4.69) is 4.98 Å². The number of para-hydroxylation sites is 1. The predicted octanol–water partition coefficient (Wildman–Crippen LogP) is 6.00. The number of hydrogen-bond donors (Lipinski definition) is 1. The summed E-state index contributed by atoms with van der Waals surface area (Å²) in [5.41, 5.74) is 2.42. The van der Waals surface area contributed by atoms with Gasteiger partial charge in [-0.1, -0.05) is 60.7 Å². The monoisotopic (exact) mass is 379 g/mol. The van der Waals surface area contributed by atoms with Gasteiger partial charge in [0.05, 0.1) is 16.8 Å². The van der Waals surface area contributed by atoms with E-state index in [0.29, 0.717) is 22.3 Å². The van der Waals surface area contributed by atoms with Crippen LogP contribution in [0.2, 0.25) is 0 Å². The van der Waals surface area contributed by atoms with Gasteiger partial charge in [0.25, 0.3) is 0 Å². The van der Waals surface area contributed by atoms with Gasteiger partial charge in [-0.05, 0) is 35.4 Å². The lowest BCUT2D eigenvalue weighted by molar-refractivity contribution is -0.137. The molecule has 0 bridgehead atoms. The summed E-state index contributed by atoms with van der Waals surface area (Å²) in [5, 5.41) is 11.7. The maximum absolute atomic E-state index is 12.8. The second kappa shape index (κ2) is 7.09. The molecular weight excluding hydrogens is 363 g/mol. The lowest BCUT2D eigenvalue weighted by Crippen LogP contribution is -2.04. The van der Waals surface area contributed by atoms with Gasteiger partial charge in [-0.25, -0.2) is 4.98 Å². The molecule has 0 saturated heterocycles. The van der Waals surface area contributed by atoms with Gasteiger partial charge in [-0.2, -0.15) is 13.2 Å². The Bertz CT molecular complexity index is 1110. The number of aliphatic hydroxyl groups is 1. The van der Waals surface area contributed by atoms with Gasteiger partial charge in [-0.15, -0.1) is 0 Å². The maximum Gasteiger partial charge on any atom is 0.416 e. The van der Waals surface area contributed by atoms with Gasteiger partial charge < -0.3 is 5.11 Å². The molecule has 28 heavy (non-hydrogen) atoms. The van der Waals surface area contributed by atoms with Crippen molar-refractivity contribution in [1.82, 2.24) is 4.98 Å². The molecule has 0 spiro atoms. The van der Waals surface area contributed by atoms with Gasteiger partial charge in [-0.3, -0.25) is 0 Å². The number of alkyl halides is 3. The zero-order valence-electron chi connectivity index (χ0n) is 14.7. The van der Waals surface area contributed by atoms with Crippen LogP contribution in [0.15, 0.2) is 84.9 Å². The van der Waals surface area contributed by atoms with Crippen molar-refractivity contribution >= 4 is 10.9 Å². The third kappa shape index (κ3) is 3.49. The zero-order chi connectivity index (χ0) is 19.7. The van der Waals surface area contributed by atoms with E-state index in [0.717, 1.165) is 23.1 Å². The Morgan fingerprint density at radius 2 is 1.43 bits per heavy atom. The Balaban J connectivity index is 1.85. The Hall–Kier alpha value is -3.18. The molecule has 5 heteroatoms. The van der Waals surface area contributed by atoms with E-state index in [1.807, 2.05) is 54.6 Å². The summed E-state index contributed by atoms with van der Waals surface area (Å²) in [6, 6.07) is 23.2. The second-order valence-corrected chi connectivity index (χ2v) is 6.50. The normalized spacial score (nSPS) is 12.9. The summed E-state index contributed by atoms with van der Waals surface area (Å²) in [4.78, 5) is 4.58. The van der Waals surface area contributed by atoms with Crippen molar-refractivity contribution < 1.29 is 18.3 Å². The molecule has 1 unspecified atom stereocenters. The Morgan fingerprint density at radius 3 is 2.11 bits per heavy atom. The number of rotatable bonds is 3. The molecule has 1 aromatic heterocycles. The molecule has 3 aromatic carbocycles. The van der Waals surface area contributed by atoms with Crippen molar-refractivity contribution in [1.29, 1.82) is 0 Å². The third-order valence-corrected chi connectivity index (χ3v) is 4.67. The molecule has 1 N–H and O–H groups in total. The summed E-state index contributed by atoms with van der Waals surface area (Å²) >= 11 is 0. The Morgan fingerprint density at radius 1 is 0.786 bits per heavy atom. The first-order valence-electron chi connectivity index (χ1n) is 8.74. The van der Waals surface area contributed by atoms with E-state index in [1.54, 1.807) is 6.07 Å². The number of aliphatic hydroxyl groups excluding tert-OH is 1. The van der Waals surface area contributed by atoms with Crippen LogP contribution in [-0.4, -0.2) is 10.1 Å². The molecule has 0 saturated carbocycles. The average Bonchev–Trinajstić information content (AvgIpc) is 2.72. The summed E-state index contributed by atoms with van der Waals surface area (Å²) < 4.78 is 38.5. The fourth-order valence-corrected chi connectivity index (χ4v) is 3.22. The quantitative estimate of drug-likeness (QED) is 0.473. The number of halogens is 3. The molecule has 0 aliphatic heterocycles. The fraction of sp³-hybridized carbons (Fsp3) is 0.0870. The number of fused-ring (bicyclic) bond motifs is 1. The van der Waals surface area contributed by atoms with Gasteiger partial charge in [0.15, 0.2) is 0 Å². The minimum atomic E-state index is -4.38. The summed E-state index contributed by atoms with van der Waals surface area (Å²) in [6.07, 6.45) is -5.26. The van der Waals surface area contributed by atoms with Crippen LogP contribution >= 0.6 is 0 Å². The van der Waals surface area contributed by atoms with Crippen LogP contribution in [0.4, 0.5) is 13.2 Å². The number of aromatic nitrogens is 1. The summed E-state index contributed by atoms with van der Waals surface area (Å²) in [6.45, 7) is 0. The molecule has 0 fully saturated rings. The maximum atomic E-state index is 12.8. The van der Waals surface area contributed by atoms with Crippen molar-refractivity contribution in [2.45, 2.75) is 12.3 Å². The van der Waals surface area contributed by atoms with Gasteiger partial charge >= 0.3 is 6.18 Å². The molecular formula is C23H16F3NO. The van der Waals surface area contributed by atoms with E-state index in [4.69, 9.17) is 0 Å². The van der Waals surface area contributed by atoms with Crippen LogP contribution < -0.4 is 0 Å². The number of nitrogens with zero attached hydrogens (tertiary/aromatic N) is 1. The van der Waals surface area contributed by atoms with E-state index >= 15 is 0 Å². The van der Waals surface area contributed by atoms with Crippen LogP contribution in [0.5, 0.6) is 0 Å². The third-order valence-electron chi connectivity index (χ3n) is 4.67. The van der Waals surface area contributed by atoms with E-state index in [-0.39, 0.29) is 0 Å². The minimum absolute atomic E-state index is 0.511. The first-order valence-corrected chi connectivity index (χ1v) is 8.74. The highest BCUT2D eigenvalue weighted by Gasteiger charge is 2.30. The standard InChI is InChI=1S/C23H16F3NO/c24-23(25,26)17-12-10-15(11-13-17)21-14-19(18-8-4-5-9-20(18)27-21)22(28)16-6-2-1-3-7-16/h1-14,22,28H. The Kier molecular flexibility index (Phi) is 4.61. The van der Waals surface area contributed by atoms with Crippen LogP contribution in [0, 0.1) is 0 Å². The van der Waals surface area contributed by atoms with Crippen molar-refractivity contribution in [3.05, 3.63) is 102 Å². The van der Waals surface area contributed by atoms with Crippen LogP contribution in [-0.2, 0) is 6.18 Å². The molecule has 2 nitrogen and oxygen atoms in total. The SMILES string of the molecule is OC(c1ccccc1)c1cc(-c2ccc(C(F)(F)F)cc2)nc2ccccc12. The predicted molar refractivity (Wildman–Crippen MR) is 103 cm³/mol. The van der Waals surface area contributed by atoms with Crippen molar-refractivity contribution in [3.8, 4) is 11.3 Å². The van der Waals surface area contributed by atoms with Crippen molar-refractivity contribution in [2.75, 3.05) is 0 Å². The minimum Gasteiger partial charge on any atom is -0.384 e. The Labute approximate surface area is 159 Å². The van der Waals surface area contributed by atoms with Crippen LogP contribution in [0.1, 0.15) is 22.8 Å². The summed E-state index contributed by atoms with van der Waals surface area (Å²) in [7, 11) is 0. The molecule has 1 atom stereocenters. The molecule has 140 valence electrons. The van der Waals surface area contributed by atoms with Crippen molar-refractivity contribution in [2.24, 2.45) is 0 Å². The van der Waals surface area contributed by atoms with Gasteiger partial charge in [0, 0.05) is 10.9 Å². The highest BCUT2D eigenvalue weighted by molar-refractivity contribution is 5.86. The largest absolute Gasteiger partial charge is 0.416 e. The molecule has 0 amide bonds. The number of benzene rings is 3. The second-order valence-electron chi connectivity index (χ2n) is 6.50. The number of pyridine rings is 1. The molecule has 4 rings (SSSR count). The lowest BCUT2D eigenvalue weighted by atomic mass is 9.96. The highest BCUT2D eigenvalue weighted by Crippen LogP contribution is 2.34. The average molecular weight is 379 g/mol. The number of hydrogen-bond acceptors (Lipinski definition) is 2. The van der Waals surface area contributed by atoms with Gasteiger partial charge in [0.1, 0.15) is 6.10 Å². The molecule has 0 aliphatic carbocycles. The smallest absolute Gasteiger partial charge is 0.384 e. The van der Waals surface area contributed by atoms with Crippen LogP contribution in [0.3, 0.4) is 0 Å². The van der Waals surface area contributed by atoms with E-state index < -0.39 is 17.8 Å². The first-order chi connectivity index (χ1) is 13.4. The van der Waals surface area contributed by atoms with Crippen LogP contribution in [0.25, 0.3) is 22.2 Å².